The van der Waals surface area contributed by atoms with E-state index in [4.69, 9.17) is 4.74 Å². The number of hydrogen-bond acceptors (Lipinski definition) is 8. The maximum absolute atomic E-state index is 15.0. The van der Waals surface area contributed by atoms with E-state index in [-0.39, 0.29) is 0 Å². The highest BCUT2D eigenvalue weighted by Gasteiger charge is 2.35. The van der Waals surface area contributed by atoms with Gasteiger partial charge in [0.05, 0.1) is 37.5 Å². The van der Waals surface area contributed by atoms with Gasteiger partial charge in [-0.1, -0.05) is 0 Å². The molecule has 2 saturated heterocycles. The van der Waals surface area contributed by atoms with Gasteiger partial charge in [-0.3, -0.25) is 4.90 Å². The number of fused-ring (bicyclic) bond motifs is 2. The molecule has 10 nitrogen and oxygen atoms in total. The fourth-order valence-corrected chi connectivity index (χ4v) is 5.11. The third-order valence-corrected chi connectivity index (χ3v) is 7.15. The normalized spacial score (nSPS) is 21.1. The first kappa shape index (κ1) is 23.9. The molecule has 4 aromatic rings. The molecule has 2 N–H and O–H groups in total. The molecule has 2 fully saturated rings. The molecule has 0 amide bonds. The summed E-state index contributed by atoms with van der Waals surface area (Å²) in [6, 6.07) is 5.34. The first-order chi connectivity index (χ1) is 17.9. The lowest BCUT2D eigenvalue weighted by molar-refractivity contribution is -0.0794. The third kappa shape index (κ3) is 4.35. The highest BCUT2D eigenvalue weighted by molar-refractivity contribution is 5.89. The Morgan fingerprint density at radius 3 is 2.70 bits per heavy atom. The highest BCUT2D eigenvalue weighted by Crippen LogP contribution is 2.31. The van der Waals surface area contributed by atoms with Crippen molar-refractivity contribution in [1.29, 1.82) is 0 Å². The Kier molecular flexibility index (Phi) is 6.11. The van der Waals surface area contributed by atoms with Crippen LogP contribution >= 0.6 is 0 Å². The Balaban J connectivity index is 1.30. The Morgan fingerprint density at radius 1 is 1.16 bits per heavy atom. The number of nitrogens with one attached hydrogen (secondary N) is 2. The number of halogens is 3. The zero-order valence-corrected chi connectivity index (χ0v) is 20.5. The van der Waals surface area contributed by atoms with Gasteiger partial charge in [-0.15, -0.1) is 5.10 Å². The molecule has 37 heavy (non-hydrogen) atoms. The Hall–Kier alpha value is -3.45. The predicted molar refractivity (Wildman–Crippen MR) is 133 cm³/mol. The van der Waals surface area contributed by atoms with Crippen LogP contribution in [0.4, 0.5) is 24.9 Å². The van der Waals surface area contributed by atoms with Gasteiger partial charge in [0.2, 0.25) is 5.95 Å². The molecule has 2 aliphatic rings. The molecule has 0 spiro atoms. The van der Waals surface area contributed by atoms with Crippen molar-refractivity contribution >= 4 is 28.4 Å². The van der Waals surface area contributed by atoms with Crippen LogP contribution in [0, 0.1) is 6.92 Å². The van der Waals surface area contributed by atoms with Crippen LogP contribution < -0.4 is 10.6 Å². The summed E-state index contributed by atoms with van der Waals surface area (Å²) in [5.41, 5.74) is 2.95. The van der Waals surface area contributed by atoms with E-state index < -0.39 is 25.2 Å². The molecule has 2 aliphatic heterocycles. The molecule has 0 aliphatic carbocycles. The smallest absolute Gasteiger partial charge is 0.256 e. The first-order valence-electron chi connectivity index (χ1n) is 12.3. The zero-order chi connectivity index (χ0) is 25.7. The standard InChI is InChI=1S/C24H28F3N9O/c1-13-29-19-4-3-17(30-23(19)35(13)10-20(26)27)15-5-8-36-21(15)22(28-2)32-24(33-36)31-18-6-7-34(9-16(18)25)14-11-37-12-14/h3-5,8,14,16,18,20H,6-7,9-12H2,1-2H3,(H2,28,31,32,33)/t16-,18+/m0/s1. The van der Waals surface area contributed by atoms with Gasteiger partial charge in [-0.05, 0) is 31.5 Å². The average molecular weight is 516 g/mol. The number of alkyl halides is 3. The van der Waals surface area contributed by atoms with Crippen LogP contribution in [-0.4, -0.2) is 92.1 Å². The minimum atomic E-state index is -2.52. The maximum atomic E-state index is 15.0. The lowest BCUT2D eigenvalue weighted by atomic mass is 10.0. The molecule has 2 atom stereocenters. The number of nitrogens with zero attached hydrogens (tertiary/aromatic N) is 7. The average Bonchev–Trinajstić information content (AvgIpc) is 3.39. The second kappa shape index (κ2) is 9.45. The van der Waals surface area contributed by atoms with Crippen molar-refractivity contribution in [3.05, 3.63) is 30.2 Å². The van der Waals surface area contributed by atoms with Crippen LogP contribution in [0.5, 0.6) is 0 Å². The topological polar surface area (TPSA) is 97.4 Å². The summed E-state index contributed by atoms with van der Waals surface area (Å²) in [6.07, 6.45) is -1.15. The van der Waals surface area contributed by atoms with E-state index in [0.29, 0.717) is 72.2 Å². The van der Waals surface area contributed by atoms with Crippen LogP contribution in [-0.2, 0) is 11.3 Å². The quantitative estimate of drug-likeness (QED) is 0.388. The summed E-state index contributed by atoms with van der Waals surface area (Å²) in [5.74, 6) is 1.34. The van der Waals surface area contributed by atoms with Gasteiger partial charge in [-0.25, -0.2) is 27.7 Å². The van der Waals surface area contributed by atoms with Gasteiger partial charge in [0.1, 0.15) is 23.0 Å². The molecule has 0 aromatic carbocycles. The molecule has 0 radical (unpaired) electrons. The van der Waals surface area contributed by atoms with E-state index in [1.165, 1.54) is 4.57 Å². The van der Waals surface area contributed by atoms with E-state index in [2.05, 4.69) is 35.6 Å². The molecule has 196 valence electrons. The van der Waals surface area contributed by atoms with E-state index >= 15 is 0 Å². The number of pyridine rings is 1. The zero-order valence-electron chi connectivity index (χ0n) is 20.5. The van der Waals surface area contributed by atoms with E-state index in [0.717, 1.165) is 12.1 Å². The summed E-state index contributed by atoms with van der Waals surface area (Å²) in [5, 5.41) is 10.9. The van der Waals surface area contributed by atoms with Gasteiger partial charge in [0.25, 0.3) is 6.43 Å². The molecule has 0 bridgehead atoms. The van der Waals surface area contributed by atoms with Gasteiger partial charge in [0.15, 0.2) is 11.5 Å². The van der Waals surface area contributed by atoms with Crippen LogP contribution in [0.15, 0.2) is 24.4 Å². The third-order valence-electron chi connectivity index (χ3n) is 7.15. The lowest BCUT2D eigenvalue weighted by Gasteiger charge is -2.42. The van der Waals surface area contributed by atoms with Crippen molar-refractivity contribution in [2.45, 2.75) is 44.6 Å². The number of likely N-dealkylation sites (tertiary alicyclic amines) is 1. The number of rotatable bonds is 7. The molecule has 13 heteroatoms. The Morgan fingerprint density at radius 2 is 2.00 bits per heavy atom. The van der Waals surface area contributed by atoms with Crippen molar-refractivity contribution in [3.8, 4) is 11.3 Å². The second-order valence-electron chi connectivity index (χ2n) is 9.50. The molecule has 6 rings (SSSR count). The number of hydrogen-bond donors (Lipinski definition) is 2. The Bertz CT molecular complexity index is 1430. The number of ether oxygens (including phenoxy) is 1. The maximum Gasteiger partial charge on any atom is 0.256 e. The van der Waals surface area contributed by atoms with Gasteiger partial charge < -0.3 is 19.9 Å². The SMILES string of the molecule is CNc1nc(N[C@@H]2CCN(C3COC3)C[C@@H]2F)nn2ccc(-c3ccc4nc(C)n(CC(F)F)c4n3)c12. The fourth-order valence-electron chi connectivity index (χ4n) is 5.11. The van der Waals surface area contributed by atoms with Crippen molar-refractivity contribution in [1.82, 2.24) is 34.0 Å². The molecule has 0 saturated carbocycles. The van der Waals surface area contributed by atoms with Crippen molar-refractivity contribution in [2.75, 3.05) is 44.0 Å². The summed E-state index contributed by atoms with van der Waals surface area (Å²) >= 11 is 0. The minimum Gasteiger partial charge on any atom is -0.378 e. The highest BCUT2D eigenvalue weighted by atomic mass is 19.3. The second-order valence-corrected chi connectivity index (χ2v) is 9.50. The summed E-state index contributed by atoms with van der Waals surface area (Å²) in [6.45, 7) is 3.70. The van der Waals surface area contributed by atoms with E-state index in [1.807, 2.05) is 6.07 Å². The molecular formula is C24H28F3N9O. The van der Waals surface area contributed by atoms with E-state index in [9.17, 15) is 13.2 Å². The lowest BCUT2D eigenvalue weighted by Crippen LogP contribution is -2.57. The van der Waals surface area contributed by atoms with Crippen molar-refractivity contribution in [2.24, 2.45) is 0 Å². The monoisotopic (exact) mass is 515 g/mol. The number of aromatic nitrogens is 6. The summed E-state index contributed by atoms with van der Waals surface area (Å²) in [7, 11) is 1.75. The molecular weight excluding hydrogens is 487 g/mol. The Labute approximate surface area is 210 Å². The first-order valence-corrected chi connectivity index (χ1v) is 12.3. The predicted octanol–water partition coefficient (Wildman–Crippen LogP) is 2.98. The van der Waals surface area contributed by atoms with Crippen LogP contribution in [0.3, 0.4) is 0 Å². The number of piperidine rings is 1. The number of imidazole rings is 1. The van der Waals surface area contributed by atoms with Crippen LogP contribution in [0.2, 0.25) is 0 Å². The van der Waals surface area contributed by atoms with Crippen LogP contribution in [0.1, 0.15) is 12.2 Å². The number of anilines is 2. The number of aryl methyl sites for hydroxylation is 1. The van der Waals surface area contributed by atoms with Crippen molar-refractivity contribution in [3.63, 3.8) is 0 Å². The van der Waals surface area contributed by atoms with Gasteiger partial charge in [0, 0.05) is 31.9 Å². The van der Waals surface area contributed by atoms with E-state index in [1.54, 1.807) is 36.8 Å². The van der Waals surface area contributed by atoms with Crippen LogP contribution in [0.25, 0.3) is 27.9 Å². The van der Waals surface area contributed by atoms with Gasteiger partial charge >= 0.3 is 0 Å². The largest absolute Gasteiger partial charge is 0.378 e. The summed E-state index contributed by atoms with van der Waals surface area (Å²) < 4.78 is 49.6. The van der Waals surface area contributed by atoms with Crippen molar-refractivity contribution < 1.29 is 17.9 Å². The van der Waals surface area contributed by atoms with Gasteiger partial charge in [-0.2, -0.15) is 4.98 Å². The molecule has 4 aromatic heterocycles. The summed E-state index contributed by atoms with van der Waals surface area (Å²) in [4.78, 5) is 15.8. The minimum absolute atomic E-state index is 0.312. The molecule has 0 unspecified atom stereocenters. The fraction of sp³-hybridized carbons (Fsp3) is 0.500. The molecule has 6 heterocycles.